The Morgan fingerprint density at radius 1 is 1.75 bits per heavy atom. The zero-order valence-corrected chi connectivity index (χ0v) is 5.77. The Bertz CT molecular complexity index is 80.6. The van der Waals surface area contributed by atoms with E-state index < -0.39 is 0 Å². The summed E-state index contributed by atoms with van der Waals surface area (Å²) in [4.78, 5) is 4.83. The highest BCUT2D eigenvalue weighted by atomic mass is 16.7. The molecule has 0 rings (SSSR count). The molecule has 0 bridgehead atoms. The zero-order chi connectivity index (χ0) is 6.57. The lowest BCUT2D eigenvalue weighted by atomic mass is 10.3. The Kier molecular flexibility index (Phi) is 3.48. The number of rotatable bonds is 3. The Labute approximate surface area is 50.7 Å². The van der Waals surface area contributed by atoms with Gasteiger partial charge in [0, 0.05) is 13.6 Å². The molecular formula is C6H13NO. The topological polar surface area (TPSA) is 12.5 Å². The molecule has 0 N–H and O–H groups in total. The number of hydrogen-bond acceptors (Lipinski definition) is 2. The Hall–Kier alpha value is -0.340. The van der Waals surface area contributed by atoms with Gasteiger partial charge in [0.1, 0.15) is 0 Å². The standard InChI is InChI=1S/C6H13NO/c1-6(2)5-7(3)8-4/h1,5H2,2-4H3. The first-order chi connectivity index (χ1) is 3.66. The Morgan fingerprint density at radius 3 is 2.38 bits per heavy atom. The average Bonchev–Trinajstić information content (AvgIpc) is 1.65. The lowest BCUT2D eigenvalue weighted by Crippen LogP contribution is -2.17. The highest BCUT2D eigenvalue weighted by Gasteiger charge is 1.91. The van der Waals surface area contributed by atoms with Crippen LogP contribution in [-0.4, -0.2) is 25.8 Å². The molecule has 2 heteroatoms. The zero-order valence-electron chi connectivity index (χ0n) is 5.77. The van der Waals surface area contributed by atoms with E-state index in [4.69, 9.17) is 4.84 Å². The van der Waals surface area contributed by atoms with E-state index in [2.05, 4.69) is 6.58 Å². The SMILES string of the molecule is C=C(C)CN(C)OC. The number of hydrogen-bond donors (Lipinski definition) is 0. The fourth-order valence-corrected chi connectivity index (χ4v) is 0.445. The van der Waals surface area contributed by atoms with Gasteiger partial charge >= 0.3 is 0 Å². The van der Waals surface area contributed by atoms with E-state index in [1.54, 1.807) is 12.2 Å². The highest BCUT2D eigenvalue weighted by Crippen LogP contribution is 1.89. The molecular weight excluding hydrogens is 102 g/mol. The highest BCUT2D eigenvalue weighted by molar-refractivity contribution is 4.89. The maximum atomic E-state index is 4.83. The molecule has 0 aromatic heterocycles. The fraction of sp³-hybridized carbons (Fsp3) is 0.667. The molecule has 0 aliphatic heterocycles. The van der Waals surface area contributed by atoms with E-state index in [-0.39, 0.29) is 0 Å². The van der Waals surface area contributed by atoms with Crippen LogP contribution in [0.3, 0.4) is 0 Å². The minimum atomic E-state index is 0.802. The van der Waals surface area contributed by atoms with Gasteiger partial charge in [-0.25, -0.2) is 0 Å². The minimum Gasteiger partial charge on any atom is -0.302 e. The van der Waals surface area contributed by atoms with Gasteiger partial charge in [0.25, 0.3) is 0 Å². The second-order valence-electron chi connectivity index (χ2n) is 1.93. The molecule has 0 aliphatic carbocycles. The Balaban J connectivity index is 3.24. The smallest absolute Gasteiger partial charge is 0.0575 e. The van der Waals surface area contributed by atoms with E-state index in [9.17, 15) is 0 Å². The van der Waals surface area contributed by atoms with Crippen molar-refractivity contribution >= 4 is 0 Å². The Morgan fingerprint density at radius 2 is 2.25 bits per heavy atom. The summed E-state index contributed by atoms with van der Waals surface area (Å²) in [5, 5.41) is 1.72. The summed E-state index contributed by atoms with van der Waals surface area (Å²) in [6, 6.07) is 0. The monoisotopic (exact) mass is 115 g/mol. The van der Waals surface area contributed by atoms with Crippen LogP contribution in [0.25, 0.3) is 0 Å². The molecule has 0 atom stereocenters. The van der Waals surface area contributed by atoms with E-state index in [1.165, 1.54) is 0 Å². The van der Waals surface area contributed by atoms with Gasteiger partial charge in [0.15, 0.2) is 0 Å². The molecule has 0 amide bonds. The molecule has 0 heterocycles. The number of hydroxylamine groups is 2. The van der Waals surface area contributed by atoms with Gasteiger partial charge in [-0.1, -0.05) is 12.2 Å². The van der Waals surface area contributed by atoms with Crippen molar-refractivity contribution in [1.82, 2.24) is 5.06 Å². The van der Waals surface area contributed by atoms with Crippen LogP contribution in [0, 0.1) is 0 Å². The second kappa shape index (κ2) is 3.64. The summed E-state index contributed by atoms with van der Waals surface area (Å²) < 4.78 is 0. The molecule has 48 valence electrons. The van der Waals surface area contributed by atoms with Crippen molar-refractivity contribution in [3.8, 4) is 0 Å². The molecule has 0 spiro atoms. The van der Waals surface area contributed by atoms with E-state index in [0.29, 0.717) is 0 Å². The summed E-state index contributed by atoms with van der Waals surface area (Å²) in [5.41, 5.74) is 1.11. The van der Waals surface area contributed by atoms with Crippen molar-refractivity contribution in [2.45, 2.75) is 6.92 Å². The van der Waals surface area contributed by atoms with Crippen molar-refractivity contribution < 1.29 is 4.84 Å². The third-order valence-corrected chi connectivity index (χ3v) is 0.804. The van der Waals surface area contributed by atoms with Gasteiger partial charge in [-0.15, -0.1) is 0 Å². The predicted molar refractivity (Wildman–Crippen MR) is 34.5 cm³/mol. The second-order valence-corrected chi connectivity index (χ2v) is 1.93. The van der Waals surface area contributed by atoms with Crippen LogP contribution in [0.5, 0.6) is 0 Å². The van der Waals surface area contributed by atoms with Crippen LogP contribution in [0.4, 0.5) is 0 Å². The van der Waals surface area contributed by atoms with Crippen LogP contribution in [-0.2, 0) is 4.84 Å². The first-order valence-electron chi connectivity index (χ1n) is 2.56. The van der Waals surface area contributed by atoms with Gasteiger partial charge in [0.2, 0.25) is 0 Å². The van der Waals surface area contributed by atoms with Crippen molar-refractivity contribution in [2.75, 3.05) is 20.7 Å². The maximum Gasteiger partial charge on any atom is 0.0575 e. The molecule has 0 aliphatic rings. The van der Waals surface area contributed by atoms with Gasteiger partial charge in [-0.3, -0.25) is 0 Å². The van der Waals surface area contributed by atoms with Gasteiger partial charge in [-0.05, 0) is 6.92 Å². The summed E-state index contributed by atoms with van der Waals surface area (Å²) in [6.07, 6.45) is 0. The quantitative estimate of drug-likeness (QED) is 0.403. The van der Waals surface area contributed by atoms with Crippen LogP contribution in [0.2, 0.25) is 0 Å². The number of likely N-dealkylation sites (N-methyl/N-ethyl adjacent to an activating group) is 1. The van der Waals surface area contributed by atoms with E-state index in [0.717, 1.165) is 12.1 Å². The van der Waals surface area contributed by atoms with Crippen LogP contribution < -0.4 is 0 Å². The first-order valence-corrected chi connectivity index (χ1v) is 2.56. The minimum absolute atomic E-state index is 0.802. The summed E-state index contributed by atoms with van der Waals surface area (Å²) in [7, 11) is 3.51. The van der Waals surface area contributed by atoms with Crippen molar-refractivity contribution in [3.05, 3.63) is 12.2 Å². The summed E-state index contributed by atoms with van der Waals surface area (Å²) >= 11 is 0. The average molecular weight is 115 g/mol. The molecule has 0 saturated heterocycles. The summed E-state index contributed by atoms with van der Waals surface area (Å²) in [5.74, 6) is 0. The van der Waals surface area contributed by atoms with E-state index in [1.807, 2.05) is 14.0 Å². The molecule has 0 saturated carbocycles. The van der Waals surface area contributed by atoms with Crippen LogP contribution in [0.1, 0.15) is 6.92 Å². The third kappa shape index (κ3) is 3.84. The predicted octanol–water partition coefficient (Wildman–Crippen LogP) is 1.06. The van der Waals surface area contributed by atoms with E-state index >= 15 is 0 Å². The third-order valence-electron chi connectivity index (χ3n) is 0.804. The molecule has 0 unspecified atom stereocenters. The van der Waals surface area contributed by atoms with Crippen molar-refractivity contribution in [2.24, 2.45) is 0 Å². The molecule has 2 nitrogen and oxygen atoms in total. The molecule has 0 fully saturated rings. The van der Waals surface area contributed by atoms with Crippen LogP contribution in [0.15, 0.2) is 12.2 Å². The lowest BCUT2D eigenvalue weighted by Gasteiger charge is -2.11. The van der Waals surface area contributed by atoms with Gasteiger partial charge in [0.05, 0.1) is 7.11 Å². The normalized spacial score (nSPS) is 10.0. The largest absolute Gasteiger partial charge is 0.302 e. The first kappa shape index (κ1) is 7.66. The molecule has 8 heavy (non-hydrogen) atoms. The lowest BCUT2D eigenvalue weighted by molar-refractivity contribution is -0.101. The van der Waals surface area contributed by atoms with Gasteiger partial charge < -0.3 is 4.84 Å². The van der Waals surface area contributed by atoms with Crippen molar-refractivity contribution in [3.63, 3.8) is 0 Å². The molecule has 0 aromatic carbocycles. The molecule has 0 radical (unpaired) electrons. The number of nitrogens with zero attached hydrogens (tertiary/aromatic N) is 1. The maximum absolute atomic E-state index is 4.83. The van der Waals surface area contributed by atoms with Crippen molar-refractivity contribution in [1.29, 1.82) is 0 Å². The van der Waals surface area contributed by atoms with Gasteiger partial charge in [-0.2, -0.15) is 5.06 Å². The van der Waals surface area contributed by atoms with Crippen LogP contribution >= 0.6 is 0 Å². The fourth-order valence-electron chi connectivity index (χ4n) is 0.445. The summed E-state index contributed by atoms with van der Waals surface area (Å²) in [6.45, 7) is 6.49. The molecule has 0 aromatic rings.